The van der Waals surface area contributed by atoms with Crippen LogP contribution < -0.4 is 10.1 Å². The fourth-order valence-electron chi connectivity index (χ4n) is 3.24. The number of hydrogen-bond acceptors (Lipinski definition) is 5. The zero-order chi connectivity index (χ0) is 17.5. The average Bonchev–Trinajstić information content (AvgIpc) is 3.30. The van der Waals surface area contributed by atoms with E-state index in [0.717, 1.165) is 38.9 Å². The second-order valence-corrected chi connectivity index (χ2v) is 6.39. The number of nitrogens with one attached hydrogen (secondary N) is 1. The number of aromatic nitrogens is 1. The summed E-state index contributed by atoms with van der Waals surface area (Å²) in [4.78, 5) is 18.8. The van der Waals surface area contributed by atoms with Crippen LogP contribution in [0.2, 0.25) is 0 Å². The first-order valence-corrected chi connectivity index (χ1v) is 9.13. The highest BCUT2D eigenvalue weighted by Crippen LogP contribution is 2.22. The molecule has 7 nitrogen and oxygen atoms in total. The average molecular weight is 349 g/mol. The van der Waals surface area contributed by atoms with Gasteiger partial charge in [0, 0.05) is 32.5 Å². The van der Waals surface area contributed by atoms with Gasteiger partial charge in [-0.15, -0.1) is 0 Å². The molecule has 1 N–H and O–H groups in total. The second kappa shape index (κ2) is 9.01. The fraction of sp³-hybridized carbons (Fsp3) is 0.667. The minimum atomic E-state index is -0.167. The lowest BCUT2D eigenvalue weighted by Gasteiger charge is -2.28. The van der Waals surface area contributed by atoms with Crippen molar-refractivity contribution in [1.82, 2.24) is 9.88 Å². The van der Waals surface area contributed by atoms with Gasteiger partial charge in [-0.3, -0.25) is 0 Å². The van der Waals surface area contributed by atoms with E-state index in [9.17, 15) is 4.79 Å². The molecule has 0 radical (unpaired) electrons. The van der Waals surface area contributed by atoms with Crippen molar-refractivity contribution in [2.45, 2.75) is 44.8 Å². The minimum absolute atomic E-state index is 0.104. The summed E-state index contributed by atoms with van der Waals surface area (Å²) in [5, 5.41) is 2.93. The molecule has 138 valence electrons. The smallest absolute Gasteiger partial charge is 0.322 e. The van der Waals surface area contributed by atoms with E-state index in [-0.39, 0.29) is 18.2 Å². The molecule has 1 aromatic rings. The Hall–Kier alpha value is -1.86. The number of amides is 2. The standard InChI is InChI=1S/C18H27N3O4/c1-2-23-17-16(8-3-9-19-17)20-18(22)21(12-14-6-4-10-24-14)13-15-7-5-11-25-15/h3,8-9,14-15H,2,4-7,10-13H2,1H3,(H,20,22)/t14-,15-/m1/s1. The van der Waals surface area contributed by atoms with Crippen LogP contribution in [0, 0.1) is 0 Å². The van der Waals surface area contributed by atoms with Crippen LogP contribution in [-0.2, 0) is 9.47 Å². The van der Waals surface area contributed by atoms with Crippen molar-refractivity contribution in [2.75, 3.05) is 38.2 Å². The second-order valence-electron chi connectivity index (χ2n) is 6.39. The summed E-state index contributed by atoms with van der Waals surface area (Å²) in [6, 6.07) is 3.41. The van der Waals surface area contributed by atoms with Crippen molar-refractivity contribution in [1.29, 1.82) is 0 Å². The SMILES string of the molecule is CCOc1ncccc1NC(=O)N(C[C@H]1CCCO1)C[C@H]1CCCO1. The van der Waals surface area contributed by atoms with E-state index < -0.39 is 0 Å². The number of nitrogens with zero attached hydrogens (tertiary/aromatic N) is 2. The van der Waals surface area contributed by atoms with E-state index in [1.807, 2.05) is 6.92 Å². The number of carbonyl (C=O) groups excluding carboxylic acids is 1. The molecule has 25 heavy (non-hydrogen) atoms. The summed E-state index contributed by atoms with van der Waals surface area (Å²) >= 11 is 0. The van der Waals surface area contributed by atoms with Gasteiger partial charge in [0.2, 0.25) is 5.88 Å². The Labute approximate surface area is 148 Å². The Balaban J connectivity index is 1.66. The Morgan fingerprint density at radius 2 is 1.96 bits per heavy atom. The molecule has 0 saturated carbocycles. The van der Waals surface area contributed by atoms with Crippen LogP contribution in [0.1, 0.15) is 32.6 Å². The molecule has 2 aliphatic heterocycles. The van der Waals surface area contributed by atoms with Gasteiger partial charge in [0.25, 0.3) is 0 Å². The predicted octanol–water partition coefficient (Wildman–Crippen LogP) is 2.67. The first kappa shape index (κ1) is 17.9. The highest BCUT2D eigenvalue weighted by molar-refractivity contribution is 5.90. The molecule has 2 aliphatic rings. The van der Waals surface area contributed by atoms with E-state index in [0.29, 0.717) is 31.3 Å². The van der Waals surface area contributed by atoms with Crippen LogP contribution in [0.25, 0.3) is 0 Å². The molecule has 0 bridgehead atoms. The number of urea groups is 1. The molecule has 3 rings (SSSR count). The van der Waals surface area contributed by atoms with E-state index in [4.69, 9.17) is 14.2 Å². The van der Waals surface area contributed by atoms with Gasteiger partial charge in [0.1, 0.15) is 5.69 Å². The molecular formula is C18H27N3O4. The molecular weight excluding hydrogens is 322 g/mol. The van der Waals surface area contributed by atoms with Gasteiger partial charge in [-0.05, 0) is 44.7 Å². The van der Waals surface area contributed by atoms with Crippen molar-refractivity contribution in [3.8, 4) is 5.88 Å². The van der Waals surface area contributed by atoms with Crippen LogP contribution in [0.15, 0.2) is 18.3 Å². The molecule has 2 amide bonds. The lowest BCUT2D eigenvalue weighted by molar-refractivity contribution is 0.0524. The van der Waals surface area contributed by atoms with Crippen LogP contribution in [0.5, 0.6) is 5.88 Å². The molecule has 0 unspecified atom stereocenters. The Morgan fingerprint density at radius 1 is 1.28 bits per heavy atom. The minimum Gasteiger partial charge on any atom is -0.476 e. The van der Waals surface area contributed by atoms with Gasteiger partial charge >= 0.3 is 6.03 Å². The first-order chi connectivity index (χ1) is 12.3. The molecule has 0 aromatic carbocycles. The quantitative estimate of drug-likeness (QED) is 0.819. The Morgan fingerprint density at radius 3 is 2.52 bits per heavy atom. The first-order valence-electron chi connectivity index (χ1n) is 9.13. The zero-order valence-electron chi connectivity index (χ0n) is 14.8. The van der Waals surface area contributed by atoms with E-state index in [2.05, 4.69) is 10.3 Å². The number of anilines is 1. The Kier molecular flexibility index (Phi) is 6.47. The number of pyridine rings is 1. The maximum Gasteiger partial charge on any atom is 0.322 e. The van der Waals surface area contributed by atoms with E-state index in [1.54, 1.807) is 23.2 Å². The molecule has 0 spiro atoms. The maximum absolute atomic E-state index is 12.9. The van der Waals surface area contributed by atoms with Crippen molar-refractivity contribution in [2.24, 2.45) is 0 Å². The number of carbonyl (C=O) groups is 1. The maximum atomic E-state index is 12.9. The normalized spacial score (nSPS) is 22.8. The summed E-state index contributed by atoms with van der Waals surface area (Å²) in [7, 11) is 0. The lowest BCUT2D eigenvalue weighted by atomic mass is 10.2. The van der Waals surface area contributed by atoms with Gasteiger partial charge in [-0.25, -0.2) is 9.78 Å². The van der Waals surface area contributed by atoms with Gasteiger partial charge in [-0.2, -0.15) is 0 Å². The van der Waals surface area contributed by atoms with Crippen LogP contribution in [0.3, 0.4) is 0 Å². The number of hydrogen-bond donors (Lipinski definition) is 1. The topological polar surface area (TPSA) is 72.9 Å². The summed E-state index contributed by atoms with van der Waals surface area (Å²) in [6.07, 6.45) is 5.95. The summed E-state index contributed by atoms with van der Waals surface area (Å²) < 4.78 is 16.9. The monoisotopic (exact) mass is 349 g/mol. The van der Waals surface area contributed by atoms with E-state index in [1.165, 1.54) is 0 Å². The largest absolute Gasteiger partial charge is 0.476 e. The molecule has 1 aromatic heterocycles. The zero-order valence-corrected chi connectivity index (χ0v) is 14.8. The van der Waals surface area contributed by atoms with Gasteiger partial charge in [0.05, 0.1) is 18.8 Å². The highest BCUT2D eigenvalue weighted by Gasteiger charge is 2.27. The van der Waals surface area contributed by atoms with Crippen molar-refractivity contribution >= 4 is 11.7 Å². The molecule has 7 heteroatoms. The predicted molar refractivity (Wildman–Crippen MR) is 93.9 cm³/mol. The van der Waals surface area contributed by atoms with Crippen LogP contribution in [-0.4, -0.2) is 61.0 Å². The molecule has 2 atom stereocenters. The van der Waals surface area contributed by atoms with Crippen molar-refractivity contribution in [3.63, 3.8) is 0 Å². The summed E-state index contributed by atoms with van der Waals surface area (Å²) in [6.45, 7) is 5.09. The summed E-state index contributed by atoms with van der Waals surface area (Å²) in [5.41, 5.74) is 0.582. The van der Waals surface area contributed by atoms with E-state index >= 15 is 0 Å². The summed E-state index contributed by atoms with van der Waals surface area (Å²) in [5.74, 6) is 0.438. The van der Waals surface area contributed by atoms with Gasteiger partial charge < -0.3 is 24.4 Å². The van der Waals surface area contributed by atoms with Crippen molar-refractivity contribution in [3.05, 3.63) is 18.3 Å². The Bertz CT molecular complexity index is 539. The van der Waals surface area contributed by atoms with Gasteiger partial charge in [-0.1, -0.05) is 0 Å². The molecule has 3 heterocycles. The third-order valence-corrected chi connectivity index (χ3v) is 4.48. The molecule has 2 saturated heterocycles. The van der Waals surface area contributed by atoms with Crippen LogP contribution in [0.4, 0.5) is 10.5 Å². The van der Waals surface area contributed by atoms with Crippen molar-refractivity contribution < 1.29 is 19.0 Å². The number of rotatable bonds is 7. The lowest BCUT2D eigenvalue weighted by Crippen LogP contribution is -2.44. The third kappa shape index (κ3) is 5.06. The number of ether oxygens (including phenoxy) is 3. The fourth-order valence-corrected chi connectivity index (χ4v) is 3.24. The highest BCUT2D eigenvalue weighted by atomic mass is 16.5. The molecule has 2 fully saturated rings. The third-order valence-electron chi connectivity index (χ3n) is 4.48. The molecule has 0 aliphatic carbocycles. The van der Waals surface area contributed by atoms with Crippen LogP contribution >= 0.6 is 0 Å². The van der Waals surface area contributed by atoms with Gasteiger partial charge in [0.15, 0.2) is 0 Å².